The Bertz CT molecular complexity index is 577. The molecule has 0 saturated heterocycles. The van der Waals surface area contributed by atoms with Crippen LogP contribution in [0.25, 0.3) is 0 Å². The van der Waals surface area contributed by atoms with Crippen molar-refractivity contribution in [1.82, 2.24) is 0 Å². The van der Waals surface area contributed by atoms with E-state index in [1.165, 1.54) is 70.6 Å². The Kier molecular flexibility index (Phi) is 6.05. The van der Waals surface area contributed by atoms with Crippen molar-refractivity contribution in [3.63, 3.8) is 0 Å². The van der Waals surface area contributed by atoms with Crippen LogP contribution in [0.2, 0.25) is 0 Å². The molecule has 0 amide bonds. The molecule has 3 saturated carbocycles. The fourth-order valence-corrected chi connectivity index (χ4v) is 8.34. The molecule has 0 aromatic carbocycles. The fourth-order valence-electron chi connectivity index (χ4n) is 8.34. The number of allylic oxidation sites excluding steroid dienone is 1. The van der Waals surface area contributed by atoms with Crippen molar-refractivity contribution in [2.45, 2.75) is 117 Å². The third kappa shape index (κ3) is 3.63. The molecule has 0 aromatic heterocycles. The van der Waals surface area contributed by atoms with Gasteiger partial charge in [0.15, 0.2) is 0 Å². The molecule has 4 aliphatic carbocycles. The summed E-state index contributed by atoms with van der Waals surface area (Å²) in [6, 6.07) is 0. The first kappa shape index (κ1) is 21.0. The number of hydrogen-bond acceptors (Lipinski definition) is 1. The number of aliphatic hydroxyl groups excluding tert-OH is 1. The predicted octanol–water partition coefficient (Wildman–Crippen LogP) is 7.53. The quantitative estimate of drug-likeness (QED) is 0.369. The molecule has 28 heavy (non-hydrogen) atoms. The molecule has 160 valence electrons. The van der Waals surface area contributed by atoms with Gasteiger partial charge in [-0.3, -0.25) is 0 Å². The smallest absolute Gasteiger partial charge is 0.0577 e. The summed E-state index contributed by atoms with van der Waals surface area (Å²) in [5.41, 5.74) is 2.64. The van der Waals surface area contributed by atoms with Gasteiger partial charge in [0.2, 0.25) is 0 Å². The van der Waals surface area contributed by atoms with Gasteiger partial charge in [-0.25, -0.2) is 0 Å². The lowest BCUT2D eigenvalue weighted by Crippen LogP contribution is -2.50. The van der Waals surface area contributed by atoms with Crippen molar-refractivity contribution in [2.75, 3.05) is 0 Å². The van der Waals surface area contributed by atoms with E-state index in [4.69, 9.17) is 0 Å². The summed E-state index contributed by atoms with van der Waals surface area (Å²) in [4.78, 5) is 0. The second-order valence-corrected chi connectivity index (χ2v) is 12.0. The van der Waals surface area contributed by atoms with E-state index < -0.39 is 0 Å². The average Bonchev–Trinajstić information content (AvgIpc) is 2.98. The van der Waals surface area contributed by atoms with Gasteiger partial charge >= 0.3 is 0 Å². The standard InChI is InChI=1S/C27H46O/c1-19(2)8-6-5-7-9-20-11-13-24-23-12-10-21-18-22(28)14-16-27(21,4)25(23)15-17-26(20,24)3/h10,19-20,22-25,28H,5-9,11-18H2,1-4H3. The average molecular weight is 387 g/mol. The van der Waals surface area contributed by atoms with Gasteiger partial charge in [0.1, 0.15) is 0 Å². The van der Waals surface area contributed by atoms with Gasteiger partial charge in [-0.2, -0.15) is 0 Å². The highest BCUT2D eigenvalue weighted by Gasteiger charge is 2.58. The highest BCUT2D eigenvalue weighted by molar-refractivity contribution is 5.25. The van der Waals surface area contributed by atoms with Crippen LogP contribution in [0.3, 0.4) is 0 Å². The molecular weight excluding hydrogens is 340 g/mol. The highest BCUT2D eigenvalue weighted by Crippen LogP contribution is 2.66. The maximum Gasteiger partial charge on any atom is 0.0577 e. The molecule has 0 aromatic rings. The van der Waals surface area contributed by atoms with E-state index in [-0.39, 0.29) is 6.10 Å². The number of unbranched alkanes of at least 4 members (excludes halogenated alkanes) is 2. The lowest BCUT2D eigenvalue weighted by molar-refractivity contribution is -0.0508. The van der Waals surface area contributed by atoms with Crippen molar-refractivity contribution in [3.05, 3.63) is 11.6 Å². The first-order valence-corrected chi connectivity index (χ1v) is 12.7. The summed E-state index contributed by atoms with van der Waals surface area (Å²) in [5.74, 6) is 4.64. The molecule has 0 radical (unpaired) electrons. The molecule has 0 heterocycles. The minimum absolute atomic E-state index is 0.0729. The monoisotopic (exact) mass is 386 g/mol. The van der Waals surface area contributed by atoms with E-state index in [9.17, 15) is 5.11 Å². The maximum atomic E-state index is 10.2. The van der Waals surface area contributed by atoms with E-state index in [1.54, 1.807) is 5.57 Å². The maximum absolute atomic E-state index is 10.2. The molecule has 1 heteroatoms. The Balaban J connectivity index is 1.41. The largest absolute Gasteiger partial charge is 0.393 e. The van der Waals surface area contributed by atoms with Crippen LogP contribution in [0.4, 0.5) is 0 Å². The Morgan fingerprint density at radius 3 is 2.61 bits per heavy atom. The molecule has 0 bridgehead atoms. The molecule has 3 fully saturated rings. The summed E-state index contributed by atoms with van der Waals surface area (Å²) in [6.45, 7) is 9.97. The minimum atomic E-state index is -0.0729. The number of fused-ring (bicyclic) bond motifs is 5. The molecule has 0 aliphatic heterocycles. The Morgan fingerprint density at radius 1 is 1.00 bits per heavy atom. The van der Waals surface area contributed by atoms with Crippen LogP contribution in [0.15, 0.2) is 11.6 Å². The zero-order valence-electron chi connectivity index (χ0n) is 19.2. The summed E-state index contributed by atoms with van der Waals surface area (Å²) in [5, 5.41) is 10.2. The van der Waals surface area contributed by atoms with Crippen molar-refractivity contribution < 1.29 is 5.11 Å². The van der Waals surface area contributed by atoms with Gasteiger partial charge in [-0.1, -0.05) is 65.0 Å². The summed E-state index contributed by atoms with van der Waals surface area (Å²) < 4.78 is 0. The molecule has 0 spiro atoms. The lowest BCUT2D eigenvalue weighted by Gasteiger charge is -2.58. The van der Waals surface area contributed by atoms with Crippen LogP contribution >= 0.6 is 0 Å². The number of hydrogen-bond donors (Lipinski definition) is 1. The number of rotatable bonds is 6. The van der Waals surface area contributed by atoms with Crippen LogP contribution < -0.4 is 0 Å². The zero-order valence-corrected chi connectivity index (χ0v) is 19.2. The second kappa shape index (κ2) is 8.09. The highest BCUT2D eigenvalue weighted by atomic mass is 16.3. The van der Waals surface area contributed by atoms with Crippen LogP contribution in [0.1, 0.15) is 111 Å². The van der Waals surface area contributed by atoms with Crippen LogP contribution in [0, 0.1) is 40.4 Å². The summed E-state index contributed by atoms with van der Waals surface area (Å²) >= 11 is 0. The molecular formula is C27H46O. The SMILES string of the molecule is CC(C)CCCCCC1CCC2C3CC=C4CC(O)CCC4(C)C3CCC12C. The Labute approximate surface area is 174 Å². The molecule has 4 aliphatic rings. The van der Waals surface area contributed by atoms with E-state index in [0.717, 1.165) is 42.4 Å². The van der Waals surface area contributed by atoms with Gasteiger partial charge in [-0.15, -0.1) is 0 Å². The second-order valence-electron chi connectivity index (χ2n) is 12.0. The fraction of sp³-hybridized carbons (Fsp3) is 0.926. The minimum Gasteiger partial charge on any atom is -0.393 e. The van der Waals surface area contributed by atoms with Crippen LogP contribution in [0.5, 0.6) is 0 Å². The van der Waals surface area contributed by atoms with Gasteiger partial charge in [0.05, 0.1) is 6.10 Å². The molecule has 7 unspecified atom stereocenters. The molecule has 7 atom stereocenters. The van der Waals surface area contributed by atoms with Crippen molar-refractivity contribution in [2.24, 2.45) is 40.4 Å². The lowest BCUT2D eigenvalue weighted by atomic mass is 9.47. The zero-order chi connectivity index (χ0) is 19.9. The van der Waals surface area contributed by atoms with E-state index >= 15 is 0 Å². The first-order valence-electron chi connectivity index (χ1n) is 12.7. The third-order valence-corrected chi connectivity index (χ3v) is 10.1. The first-order chi connectivity index (χ1) is 13.3. The van der Waals surface area contributed by atoms with Crippen molar-refractivity contribution in [3.8, 4) is 0 Å². The predicted molar refractivity (Wildman–Crippen MR) is 119 cm³/mol. The molecule has 1 N–H and O–H groups in total. The molecule has 1 nitrogen and oxygen atoms in total. The van der Waals surface area contributed by atoms with Crippen molar-refractivity contribution >= 4 is 0 Å². The Hall–Kier alpha value is -0.300. The van der Waals surface area contributed by atoms with Crippen molar-refractivity contribution in [1.29, 1.82) is 0 Å². The van der Waals surface area contributed by atoms with Crippen LogP contribution in [-0.4, -0.2) is 11.2 Å². The normalized spacial score (nSPS) is 45.4. The van der Waals surface area contributed by atoms with Gasteiger partial charge in [0.25, 0.3) is 0 Å². The summed E-state index contributed by atoms with van der Waals surface area (Å²) in [6.07, 6.45) is 20.2. The summed E-state index contributed by atoms with van der Waals surface area (Å²) in [7, 11) is 0. The van der Waals surface area contributed by atoms with Crippen LogP contribution in [-0.2, 0) is 0 Å². The topological polar surface area (TPSA) is 20.2 Å². The Morgan fingerprint density at radius 2 is 1.82 bits per heavy atom. The molecule has 4 rings (SSSR count). The number of aliphatic hydroxyl groups is 1. The van der Waals surface area contributed by atoms with E-state index in [2.05, 4.69) is 33.8 Å². The third-order valence-electron chi connectivity index (χ3n) is 10.1. The van der Waals surface area contributed by atoms with E-state index in [1.807, 2.05) is 0 Å². The van der Waals surface area contributed by atoms with Gasteiger partial charge in [-0.05, 0) is 98.2 Å². The van der Waals surface area contributed by atoms with E-state index in [0.29, 0.717) is 10.8 Å². The van der Waals surface area contributed by atoms with Gasteiger partial charge in [0, 0.05) is 0 Å². The van der Waals surface area contributed by atoms with Gasteiger partial charge < -0.3 is 5.11 Å².